The molecular formula is C14H14S2. The van der Waals surface area contributed by atoms with Crippen molar-refractivity contribution in [2.24, 2.45) is 0 Å². The van der Waals surface area contributed by atoms with Crippen LogP contribution in [0.25, 0.3) is 0 Å². The fraction of sp³-hybridized carbons (Fsp3) is 0.143. The van der Waals surface area contributed by atoms with Crippen LogP contribution in [0.5, 0.6) is 0 Å². The fourth-order valence-corrected chi connectivity index (χ4v) is 4.03. The van der Waals surface area contributed by atoms with Gasteiger partial charge in [0.05, 0.1) is 0 Å². The Kier molecular flexibility index (Phi) is 3.31. The van der Waals surface area contributed by atoms with Gasteiger partial charge in [-0.3, -0.25) is 0 Å². The first kappa shape index (κ1) is 11.6. The summed E-state index contributed by atoms with van der Waals surface area (Å²) in [5, 5.41) is 0. The lowest BCUT2D eigenvalue weighted by Crippen LogP contribution is -1.94. The molecule has 0 radical (unpaired) electrons. The van der Waals surface area contributed by atoms with Crippen LogP contribution in [0.15, 0.2) is 62.6 Å². The predicted octanol–water partition coefficient (Wildman–Crippen LogP) is 5.17. The minimum absolute atomic E-state index is 1.11. The van der Waals surface area contributed by atoms with Crippen LogP contribution in [-0.2, 0) is 0 Å². The molecule has 0 unspecified atom stereocenters. The molecule has 0 nitrogen and oxygen atoms in total. The van der Waals surface area contributed by atoms with E-state index in [4.69, 9.17) is 0 Å². The van der Waals surface area contributed by atoms with E-state index in [1.807, 2.05) is 17.8 Å². The zero-order chi connectivity index (χ0) is 11.7. The number of benzene rings is 1. The molecule has 0 bridgehead atoms. The summed E-state index contributed by atoms with van der Waals surface area (Å²) in [5.41, 5.74) is 2.44. The van der Waals surface area contributed by atoms with Gasteiger partial charge in [0.25, 0.3) is 0 Å². The van der Waals surface area contributed by atoms with Crippen LogP contribution in [-0.4, -0.2) is 0 Å². The Bertz CT molecular complexity index is 495. The highest BCUT2D eigenvalue weighted by Gasteiger charge is 2.19. The molecule has 1 aliphatic rings. The summed E-state index contributed by atoms with van der Waals surface area (Å²) in [6.45, 7) is 12.1. The lowest BCUT2D eigenvalue weighted by Gasteiger charge is -2.21. The molecular weight excluding hydrogens is 232 g/mol. The number of hydrogen-bond acceptors (Lipinski definition) is 2. The zero-order valence-electron chi connectivity index (χ0n) is 9.54. The van der Waals surface area contributed by atoms with E-state index in [-0.39, 0.29) is 0 Å². The molecule has 0 aromatic heterocycles. The molecule has 0 atom stereocenters. The van der Waals surface area contributed by atoms with Gasteiger partial charge >= 0.3 is 0 Å². The highest BCUT2D eigenvalue weighted by molar-refractivity contribution is 8.09. The molecule has 1 aromatic rings. The summed E-state index contributed by atoms with van der Waals surface area (Å²) in [6, 6.07) is 6.42. The summed E-state index contributed by atoms with van der Waals surface area (Å²) >= 11 is 3.60. The van der Waals surface area contributed by atoms with Gasteiger partial charge in [-0.25, -0.2) is 0 Å². The summed E-state index contributed by atoms with van der Waals surface area (Å²) in [7, 11) is 0. The Labute approximate surface area is 106 Å². The van der Waals surface area contributed by atoms with Gasteiger partial charge < -0.3 is 0 Å². The van der Waals surface area contributed by atoms with Crippen molar-refractivity contribution in [2.45, 2.75) is 23.6 Å². The summed E-state index contributed by atoms with van der Waals surface area (Å²) < 4.78 is 0. The van der Waals surface area contributed by atoms with Crippen LogP contribution in [0.2, 0.25) is 0 Å². The van der Waals surface area contributed by atoms with E-state index in [1.54, 1.807) is 11.8 Å². The maximum absolute atomic E-state index is 4.04. The second-order valence-electron chi connectivity index (χ2n) is 3.78. The molecule has 1 heterocycles. The smallest absolute Gasteiger partial charge is 0.0291 e. The van der Waals surface area contributed by atoms with Gasteiger partial charge in [-0.15, -0.1) is 0 Å². The third-order valence-corrected chi connectivity index (χ3v) is 5.32. The Morgan fingerprint density at radius 3 is 2.69 bits per heavy atom. The molecule has 0 saturated heterocycles. The van der Waals surface area contributed by atoms with Crippen molar-refractivity contribution in [1.82, 2.24) is 0 Å². The van der Waals surface area contributed by atoms with Gasteiger partial charge in [-0.2, -0.15) is 0 Å². The van der Waals surface area contributed by atoms with Crippen LogP contribution in [0.4, 0.5) is 0 Å². The normalized spacial score (nSPS) is 14.6. The average molecular weight is 246 g/mol. The molecule has 1 aromatic carbocycles. The van der Waals surface area contributed by atoms with Crippen LogP contribution in [0.3, 0.4) is 0 Å². The maximum Gasteiger partial charge on any atom is 0.0291 e. The highest BCUT2D eigenvalue weighted by Crippen LogP contribution is 2.50. The number of hydrogen-bond donors (Lipinski definition) is 0. The van der Waals surface area contributed by atoms with Crippen molar-refractivity contribution in [1.29, 1.82) is 0 Å². The molecule has 0 aliphatic carbocycles. The van der Waals surface area contributed by atoms with Gasteiger partial charge in [0.2, 0.25) is 0 Å². The number of aryl methyl sites for hydroxylation is 1. The third kappa shape index (κ3) is 2.00. The van der Waals surface area contributed by atoms with Gasteiger partial charge in [-0.1, -0.05) is 54.9 Å². The molecule has 0 spiro atoms. The van der Waals surface area contributed by atoms with Crippen LogP contribution in [0.1, 0.15) is 12.5 Å². The number of rotatable bonds is 2. The maximum atomic E-state index is 4.04. The second-order valence-corrected chi connectivity index (χ2v) is 5.89. The molecule has 82 valence electrons. The molecule has 16 heavy (non-hydrogen) atoms. The van der Waals surface area contributed by atoms with E-state index in [1.165, 1.54) is 25.2 Å². The minimum Gasteiger partial charge on any atom is -0.0979 e. The van der Waals surface area contributed by atoms with Crippen molar-refractivity contribution >= 4 is 23.5 Å². The Morgan fingerprint density at radius 1 is 1.31 bits per heavy atom. The van der Waals surface area contributed by atoms with E-state index in [0.717, 1.165) is 5.57 Å². The highest BCUT2D eigenvalue weighted by atomic mass is 32.2. The van der Waals surface area contributed by atoms with E-state index < -0.39 is 0 Å². The van der Waals surface area contributed by atoms with Crippen LogP contribution in [0, 0.1) is 6.92 Å². The fourth-order valence-electron chi connectivity index (χ4n) is 1.59. The van der Waals surface area contributed by atoms with E-state index in [0.29, 0.717) is 0 Å². The number of fused-ring (bicyclic) bond motifs is 1. The van der Waals surface area contributed by atoms with Crippen molar-refractivity contribution in [2.75, 3.05) is 0 Å². The summed E-state index contributed by atoms with van der Waals surface area (Å²) in [4.78, 5) is 5.15. The third-order valence-electron chi connectivity index (χ3n) is 2.40. The zero-order valence-corrected chi connectivity index (χ0v) is 11.2. The molecule has 1 aliphatic heterocycles. The largest absolute Gasteiger partial charge is 0.0979 e. The first-order valence-electron chi connectivity index (χ1n) is 5.11. The molecule has 2 heteroatoms. The van der Waals surface area contributed by atoms with E-state index >= 15 is 0 Å². The average Bonchev–Trinajstić information content (AvgIpc) is 2.27. The van der Waals surface area contributed by atoms with Crippen molar-refractivity contribution < 1.29 is 0 Å². The number of thioether (sulfide) groups is 2. The molecule has 0 N–H and O–H groups in total. The van der Waals surface area contributed by atoms with Crippen molar-refractivity contribution in [3.8, 4) is 0 Å². The van der Waals surface area contributed by atoms with Crippen LogP contribution >= 0.6 is 23.5 Å². The second kappa shape index (κ2) is 4.56. The number of allylic oxidation sites excluding steroid dienone is 2. The van der Waals surface area contributed by atoms with Gasteiger partial charge in [0, 0.05) is 19.6 Å². The first-order chi connectivity index (χ1) is 7.63. The Morgan fingerprint density at radius 2 is 2.06 bits per heavy atom. The van der Waals surface area contributed by atoms with Gasteiger partial charge in [0.1, 0.15) is 0 Å². The molecule has 0 fully saturated rings. The van der Waals surface area contributed by atoms with Gasteiger partial charge in [-0.05, 0) is 31.1 Å². The van der Waals surface area contributed by atoms with Gasteiger partial charge in [0.15, 0.2) is 0 Å². The van der Waals surface area contributed by atoms with Crippen molar-refractivity contribution in [3.63, 3.8) is 0 Å². The first-order valence-corrected chi connectivity index (χ1v) is 6.74. The lowest BCUT2D eigenvalue weighted by atomic mass is 10.2. The molecule has 2 rings (SSSR count). The lowest BCUT2D eigenvalue weighted by molar-refractivity contribution is 1.17. The molecule has 0 amide bonds. The summed E-state index contributed by atoms with van der Waals surface area (Å²) in [5.74, 6) is 0. The van der Waals surface area contributed by atoms with E-state index in [9.17, 15) is 0 Å². The Balaban J connectivity index is 2.52. The SMILES string of the molecule is C=CC1=C(C(=C)C)Sc2c(C)cccc2S1. The molecule has 0 saturated carbocycles. The predicted molar refractivity (Wildman–Crippen MR) is 74.9 cm³/mol. The monoisotopic (exact) mass is 246 g/mol. The minimum atomic E-state index is 1.11. The van der Waals surface area contributed by atoms with Crippen molar-refractivity contribution in [3.05, 3.63) is 58.4 Å². The standard InChI is InChI=1S/C14H14S2/c1-5-11-13(9(2)3)16-14-10(4)7-6-8-12(14)15-11/h5-8H,1-2H2,3-4H3. The Hall–Kier alpha value is -0.860. The van der Waals surface area contributed by atoms with Crippen LogP contribution < -0.4 is 0 Å². The quantitative estimate of drug-likeness (QED) is 0.706. The topological polar surface area (TPSA) is 0 Å². The van der Waals surface area contributed by atoms with E-state index in [2.05, 4.69) is 45.2 Å². The summed E-state index contributed by atoms with van der Waals surface area (Å²) in [6.07, 6.45) is 1.92.